The van der Waals surface area contributed by atoms with Crippen LogP contribution in [0.5, 0.6) is 5.75 Å². The molecule has 0 unspecified atom stereocenters. The van der Waals surface area contributed by atoms with E-state index in [0.29, 0.717) is 5.56 Å². The summed E-state index contributed by atoms with van der Waals surface area (Å²) in [5, 5.41) is 0. The molecule has 0 N–H and O–H groups in total. The maximum Gasteiger partial charge on any atom is 0.573 e. The third-order valence-corrected chi connectivity index (χ3v) is 1.97. The van der Waals surface area contributed by atoms with E-state index in [9.17, 15) is 13.2 Å². The van der Waals surface area contributed by atoms with E-state index in [1.807, 2.05) is 13.8 Å². The Labute approximate surface area is 95.4 Å². The minimum absolute atomic E-state index is 0.215. The Morgan fingerprint density at radius 3 is 2.20 bits per heavy atom. The fourth-order valence-electron chi connectivity index (χ4n) is 0.813. The molecule has 0 atom stereocenters. The van der Waals surface area contributed by atoms with Crippen molar-refractivity contribution in [1.82, 2.24) is 0 Å². The average molecular weight is 285 g/mol. The van der Waals surface area contributed by atoms with Crippen LogP contribution in [0.4, 0.5) is 13.2 Å². The summed E-state index contributed by atoms with van der Waals surface area (Å²) in [7, 11) is 0. The van der Waals surface area contributed by atoms with Crippen molar-refractivity contribution in [2.75, 3.05) is 0 Å². The average Bonchev–Trinajstić information content (AvgIpc) is 2.12. The zero-order valence-electron chi connectivity index (χ0n) is 8.65. The first-order valence-electron chi connectivity index (χ1n) is 4.40. The van der Waals surface area contributed by atoms with Crippen LogP contribution in [0, 0.1) is 6.92 Å². The number of alkyl halides is 3. The second kappa shape index (κ2) is 6.00. The van der Waals surface area contributed by atoms with Crippen LogP contribution in [0.25, 0.3) is 0 Å². The molecule has 1 aromatic carbocycles. The van der Waals surface area contributed by atoms with Crippen molar-refractivity contribution in [3.63, 3.8) is 0 Å². The molecule has 0 fully saturated rings. The van der Waals surface area contributed by atoms with Gasteiger partial charge in [0.05, 0.1) is 4.47 Å². The highest BCUT2D eigenvalue weighted by Crippen LogP contribution is 2.30. The van der Waals surface area contributed by atoms with Crippen LogP contribution in [-0.4, -0.2) is 6.36 Å². The minimum Gasteiger partial charge on any atom is -0.405 e. The third kappa shape index (κ3) is 5.67. The second-order valence-corrected chi connectivity index (χ2v) is 3.34. The summed E-state index contributed by atoms with van der Waals surface area (Å²) in [6.45, 7) is 5.69. The Bertz CT molecular complexity index is 310. The van der Waals surface area contributed by atoms with Crippen LogP contribution in [0.3, 0.4) is 0 Å². The molecule has 0 radical (unpaired) electrons. The molecule has 0 saturated heterocycles. The highest BCUT2D eigenvalue weighted by Gasteiger charge is 2.31. The number of rotatable bonds is 1. The van der Waals surface area contributed by atoms with Gasteiger partial charge in [0.2, 0.25) is 0 Å². The van der Waals surface area contributed by atoms with Gasteiger partial charge in [0, 0.05) is 0 Å². The Kier molecular flexibility index (Phi) is 5.72. The maximum atomic E-state index is 11.8. The molecule has 0 aromatic heterocycles. The summed E-state index contributed by atoms with van der Waals surface area (Å²) < 4.78 is 39.5. The Morgan fingerprint density at radius 1 is 1.20 bits per heavy atom. The fraction of sp³-hybridized carbons (Fsp3) is 0.400. The van der Waals surface area contributed by atoms with Crippen LogP contribution in [0.1, 0.15) is 19.4 Å². The molecule has 1 aromatic rings. The van der Waals surface area contributed by atoms with Gasteiger partial charge in [-0.2, -0.15) is 0 Å². The fourth-order valence-corrected chi connectivity index (χ4v) is 1.14. The van der Waals surface area contributed by atoms with Crippen molar-refractivity contribution < 1.29 is 17.9 Å². The first kappa shape index (κ1) is 14.3. The van der Waals surface area contributed by atoms with Gasteiger partial charge in [0.1, 0.15) is 5.75 Å². The third-order valence-electron chi connectivity index (χ3n) is 1.31. The molecule has 1 nitrogen and oxygen atoms in total. The summed E-state index contributed by atoms with van der Waals surface area (Å²) in [4.78, 5) is 0. The Morgan fingerprint density at radius 2 is 1.73 bits per heavy atom. The lowest BCUT2D eigenvalue weighted by Gasteiger charge is -2.10. The van der Waals surface area contributed by atoms with Crippen molar-refractivity contribution in [3.05, 3.63) is 28.2 Å². The van der Waals surface area contributed by atoms with Gasteiger partial charge in [-0.15, -0.1) is 13.2 Å². The molecular formula is C10H12BrF3O. The number of hydrogen-bond acceptors (Lipinski definition) is 1. The van der Waals surface area contributed by atoms with Crippen LogP contribution in [0.2, 0.25) is 0 Å². The Balaban J connectivity index is 0.000000921. The molecule has 0 bridgehead atoms. The van der Waals surface area contributed by atoms with E-state index in [-0.39, 0.29) is 10.2 Å². The zero-order chi connectivity index (χ0) is 12.1. The van der Waals surface area contributed by atoms with Crippen molar-refractivity contribution >= 4 is 15.9 Å². The van der Waals surface area contributed by atoms with Gasteiger partial charge in [-0.05, 0) is 40.5 Å². The topological polar surface area (TPSA) is 9.23 Å². The largest absolute Gasteiger partial charge is 0.573 e. The molecular weight excluding hydrogens is 273 g/mol. The minimum atomic E-state index is -4.64. The molecule has 0 amide bonds. The lowest BCUT2D eigenvalue weighted by atomic mass is 10.2. The number of halogens is 4. The van der Waals surface area contributed by atoms with Crippen molar-refractivity contribution in [2.45, 2.75) is 27.1 Å². The normalized spacial score (nSPS) is 10.3. The Hall–Kier alpha value is -0.710. The molecule has 86 valence electrons. The summed E-state index contributed by atoms with van der Waals surface area (Å²) in [5.74, 6) is -0.215. The molecule has 0 spiro atoms. The highest BCUT2D eigenvalue weighted by atomic mass is 79.9. The molecule has 0 aliphatic carbocycles. The van der Waals surface area contributed by atoms with E-state index in [1.54, 1.807) is 13.0 Å². The second-order valence-electron chi connectivity index (χ2n) is 2.48. The summed E-state index contributed by atoms with van der Waals surface area (Å²) in [6.07, 6.45) is -4.64. The van der Waals surface area contributed by atoms with Gasteiger partial charge in [-0.25, -0.2) is 0 Å². The molecule has 15 heavy (non-hydrogen) atoms. The van der Waals surface area contributed by atoms with E-state index < -0.39 is 6.36 Å². The zero-order valence-corrected chi connectivity index (χ0v) is 10.2. The summed E-state index contributed by atoms with van der Waals surface area (Å²) in [5.41, 5.74) is 0.711. The maximum absolute atomic E-state index is 11.8. The molecule has 1 rings (SSSR count). The first-order chi connectivity index (χ1) is 6.88. The number of aryl methyl sites for hydroxylation is 1. The summed E-state index contributed by atoms with van der Waals surface area (Å²) >= 11 is 2.96. The number of benzene rings is 1. The van der Waals surface area contributed by atoms with Crippen molar-refractivity contribution in [3.8, 4) is 5.75 Å². The summed E-state index contributed by atoms with van der Waals surface area (Å²) in [6, 6.07) is 4.52. The van der Waals surface area contributed by atoms with Crippen LogP contribution >= 0.6 is 15.9 Å². The monoisotopic (exact) mass is 284 g/mol. The molecule has 0 aliphatic heterocycles. The molecule has 5 heteroatoms. The van der Waals surface area contributed by atoms with Gasteiger partial charge in [-0.1, -0.05) is 19.9 Å². The van der Waals surface area contributed by atoms with Gasteiger partial charge in [0.15, 0.2) is 0 Å². The van der Waals surface area contributed by atoms with E-state index in [1.165, 1.54) is 12.1 Å². The van der Waals surface area contributed by atoms with E-state index >= 15 is 0 Å². The van der Waals surface area contributed by atoms with Gasteiger partial charge in [0.25, 0.3) is 0 Å². The lowest BCUT2D eigenvalue weighted by molar-refractivity contribution is -0.274. The van der Waals surface area contributed by atoms with Crippen molar-refractivity contribution in [2.24, 2.45) is 0 Å². The smallest absolute Gasteiger partial charge is 0.405 e. The molecule has 0 saturated carbocycles. The van der Waals surface area contributed by atoms with Gasteiger partial charge < -0.3 is 4.74 Å². The van der Waals surface area contributed by atoms with Crippen LogP contribution in [-0.2, 0) is 0 Å². The molecule has 0 aliphatic rings. The van der Waals surface area contributed by atoms with E-state index in [4.69, 9.17) is 0 Å². The predicted molar refractivity (Wildman–Crippen MR) is 56.9 cm³/mol. The van der Waals surface area contributed by atoms with E-state index in [2.05, 4.69) is 20.7 Å². The van der Waals surface area contributed by atoms with Gasteiger partial charge >= 0.3 is 6.36 Å². The van der Waals surface area contributed by atoms with Crippen LogP contribution < -0.4 is 4.74 Å². The number of ether oxygens (including phenoxy) is 1. The van der Waals surface area contributed by atoms with Crippen molar-refractivity contribution in [1.29, 1.82) is 0 Å². The quantitative estimate of drug-likeness (QED) is 0.727. The van der Waals surface area contributed by atoms with Crippen LogP contribution in [0.15, 0.2) is 22.7 Å². The first-order valence-corrected chi connectivity index (χ1v) is 5.20. The molecule has 0 heterocycles. The van der Waals surface area contributed by atoms with E-state index in [0.717, 1.165) is 0 Å². The number of hydrogen-bond donors (Lipinski definition) is 0. The highest BCUT2D eigenvalue weighted by molar-refractivity contribution is 9.10. The van der Waals surface area contributed by atoms with Gasteiger partial charge in [-0.3, -0.25) is 0 Å². The lowest BCUT2D eigenvalue weighted by Crippen LogP contribution is -2.17. The standard InChI is InChI=1S/C8H6BrF3O.C2H6/c1-5-2-3-6(9)7(4-5)13-8(10,11)12;1-2/h2-4H,1H3;1-2H3. The predicted octanol–water partition coefficient (Wildman–Crippen LogP) is 4.68. The SMILES string of the molecule is CC.Cc1ccc(Br)c(OC(F)(F)F)c1.